The summed E-state index contributed by atoms with van der Waals surface area (Å²) in [4.78, 5) is 16.2. The molecule has 2 aliphatic heterocycles. The van der Waals surface area contributed by atoms with E-state index in [1.807, 2.05) is 18.2 Å². The first-order valence-corrected chi connectivity index (χ1v) is 11.5. The lowest BCUT2D eigenvalue weighted by molar-refractivity contribution is 0.102. The summed E-state index contributed by atoms with van der Waals surface area (Å²) in [6, 6.07) is 7.46. The van der Waals surface area contributed by atoms with E-state index >= 15 is 4.39 Å². The third kappa shape index (κ3) is 5.28. The lowest BCUT2D eigenvalue weighted by Crippen LogP contribution is -2.39. The maximum Gasteiger partial charge on any atom is 0.268 e. The molecule has 0 unspecified atom stereocenters. The SMILES string of the molecule is C.N=C(N)N1CC=C(c2ccc(NC(=O)c3scc(C4=CCN(C(=N)N)CC4)c3F)cc2)CC1. The van der Waals surface area contributed by atoms with Gasteiger partial charge in [-0.05, 0) is 41.7 Å². The molecule has 1 aromatic carbocycles. The quantitative estimate of drug-likeness (QED) is 0.333. The Hall–Kier alpha value is -3.66. The molecule has 180 valence electrons. The lowest BCUT2D eigenvalue weighted by atomic mass is 9.99. The summed E-state index contributed by atoms with van der Waals surface area (Å²) in [5, 5.41) is 19.5. The predicted molar refractivity (Wildman–Crippen MR) is 138 cm³/mol. The topological polar surface area (TPSA) is 135 Å². The average molecular weight is 484 g/mol. The highest BCUT2D eigenvalue weighted by Crippen LogP contribution is 2.31. The first kappa shape index (κ1) is 25.0. The van der Waals surface area contributed by atoms with Crippen LogP contribution in [0.5, 0.6) is 0 Å². The fourth-order valence-corrected chi connectivity index (χ4v) is 4.81. The van der Waals surface area contributed by atoms with Gasteiger partial charge in [-0.2, -0.15) is 0 Å². The molecule has 2 aliphatic rings. The summed E-state index contributed by atoms with van der Waals surface area (Å²) < 4.78 is 15.0. The van der Waals surface area contributed by atoms with Gasteiger partial charge in [0, 0.05) is 42.8 Å². The highest BCUT2D eigenvalue weighted by Gasteiger charge is 2.23. The van der Waals surface area contributed by atoms with Crippen molar-refractivity contribution in [1.29, 1.82) is 10.8 Å². The summed E-state index contributed by atoms with van der Waals surface area (Å²) in [6.07, 6.45) is 5.26. The second-order valence-corrected chi connectivity index (χ2v) is 8.82. The van der Waals surface area contributed by atoms with E-state index < -0.39 is 11.7 Å². The molecule has 4 rings (SSSR count). The third-order valence-electron chi connectivity index (χ3n) is 5.90. The summed E-state index contributed by atoms with van der Waals surface area (Å²) in [7, 11) is 0. The minimum Gasteiger partial charge on any atom is -0.370 e. The second-order valence-electron chi connectivity index (χ2n) is 7.95. The zero-order chi connectivity index (χ0) is 23.5. The zero-order valence-electron chi connectivity index (χ0n) is 18.0. The van der Waals surface area contributed by atoms with E-state index in [2.05, 4.69) is 11.4 Å². The van der Waals surface area contributed by atoms with Gasteiger partial charge in [0.2, 0.25) is 0 Å². The van der Waals surface area contributed by atoms with E-state index in [4.69, 9.17) is 22.3 Å². The van der Waals surface area contributed by atoms with Gasteiger partial charge < -0.3 is 26.6 Å². The Labute approximate surface area is 202 Å². The van der Waals surface area contributed by atoms with Crippen LogP contribution >= 0.6 is 11.3 Å². The van der Waals surface area contributed by atoms with Crippen molar-refractivity contribution in [3.63, 3.8) is 0 Å². The molecule has 0 spiro atoms. The molecule has 0 aliphatic carbocycles. The number of benzene rings is 1. The fourth-order valence-electron chi connectivity index (χ4n) is 3.95. The molecule has 34 heavy (non-hydrogen) atoms. The smallest absolute Gasteiger partial charge is 0.268 e. The van der Waals surface area contributed by atoms with Gasteiger partial charge in [-0.15, -0.1) is 11.3 Å². The van der Waals surface area contributed by atoms with Crippen LogP contribution in [-0.4, -0.2) is 53.8 Å². The van der Waals surface area contributed by atoms with Crippen molar-refractivity contribution < 1.29 is 9.18 Å². The molecule has 7 N–H and O–H groups in total. The molecule has 1 aromatic heterocycles. The molecule has 0 saturated heterocycles. The number of halogens is 1. The Morgan fingerprint density at radius 1 is 0.971 bits per heavy atom. The minimum atomic E-state index is -0.515. The first-order chi connectivity index (χ1) is 15.8. The van der Waals surface area contributed by atoms with Gasteiger partial charge in [0.25, 0.3) is 5.91 Å². The lowest BCUT2D eigenvalue weighted by Gasteiger charge is -2.26. The number of thiophene rings is 1. The average Bonchev–Trinajstić information content (AvgIpc) is 3.21. The number of carbonyl (C=O) groups excluding carboxylic acids is 1. The minimum absolute atomic E-state index is 0. The number of hydrogen-bond donors (Lipinski definition) is 5. The van der Waals surface area contributed by atoms with E-state index in [-0.39, 0.29) is 24.2 Å². The Bertz CT molecular complexity index is 1150. The monoisotopic (exact) mass is 483 g/mol. The highest BCUT2D eigenvalue weighted by molar-refractivity contribution is 7.12. The molecular formula is C24H30FN7OS. The van der Waals surface area contributed by atoms with Crippen molar-refractivity contribution in [3.05, 3.63) is 63.6 Å². The second kappa shape index (κ2) is 10.5. The van der Waals surface area contributed by atoms with Crippen molar-refractivity contribution >= 4 is 46.0 Å². The summed E-state index contributed by atoms with van der Waals surface area (Å²) in [5.41, 5.74) is 15.1. The summed E-state index contributed by atoms with van der Waals surface area (Å²) in [5.74, 6) is -0.920. The van der Waals surface area contributed by atoms with Gasteiger partial charge in [-0.3, -0.25) is 15.6 Å². The predicted octanol–water partition coefficient (Wildman–Crippen LogP) is 3.74. The molecule has 10 heteroatoms. The van der Waals surface area contributed by atoms with E-state index in [1.165, 1.54) is 5.57 Å². The van der Waals surface area contributed by atoms with Gasteiger partial charge in [-0.1, -0.05) is 31.7 Å². The molecular weight excluding hydrogens is 453 g/mol. The largest absolute Gasteiger partial charge is 0.370 e. The van der Waals surface area contributed by atoms with Crippen LogP contribution in [0.15, 0.2) is 41.8 Å². The number of nitrogens with one attached hydrogen (secondary N) is 3. The van der Waals surface area contributed by atoms with Crippen molar-refractivity contribution in [2.45, 2.75) is 20.3 Å². The Morgan fingerprint density at radius 2 is 1.53 bits per heavy atom. The van der Waals surface area contributed by atoms with Gasteiger partial charge in [0.1, 0.15) is 4.88 Å². The standard InChI is InChI=1S/C23H26FN7OS.CH4/c24-19-18(16-7-11-31(12-8-16)23(27)28)13-33-20(19)21(32)29-17-3-1-14(2-4-17)15-5-9-30(10-6-15)22(25)26;/h1-5,7,13H,6,8-12H2,(H3,25,26)(H3,27,28)(H,29,32);1H4. The number of rotatable bonds is 4. The van der Waals surface area contributed by atoms with Crippen LogP contribution < -0.4 is 16.8 Å². The van der Waals surface area contributed by atoms with E-state index in [0.29, 0.717) is 43.9 Å². The number of guanidine groups is 2. The van der Waals surface area contributed by atoms with Gasteiger partial charge in [-0.25, -0.2) is 4.39 Å². The van der Waals surface area contributed by atoms with Crippen molar-refractivity contribution in [1.82, 2.24) is 9.80 Å². The van der Waals surface area contributed by atoms with Crippen LogP contribution in [-0.2, 0) is 0 Å². The first-order valence-electron chi connectivity index (χ1n) is 10.6. The molecule has 0 radical (unpaired) electrons. The number of carbonyl (C=O) groups is 1. The number of nitrogens with two attached hydrogens (primary N) is 2. The number of anilines is 1. The molecule has 1 amide bonds. The number of hydrogen-bond acceptors (Lipinski definition) is 4. The van der Waals surface area contributed by atoms with Crippen LogP contribution in [0, 0.1) is 16.6 Å². The maximum absolute atomic E-state index is 15.0. The van der Waals surface area contributed by atoms with Crippen LogP contribution in [0.4, 0.5) is 10.1 Å². The normalized spacial score (nSPS) is 15.7. The van der Waals surface area contributed by atoms with Crippen molar-refractivity contribution in [2.75, 3.05) is 31.5 Å². The Morgan fingerprint density at radius 3 is 2.03 bits per heavy atom. The van der Waals surface area contributed by atoms with Crippen LogP contribution in [0.25, 0.3) is 11.1 Å². The van der Waals surface area contributed by atoms with Crippen LogP contribution in [0.2, 0.25) is 0 Å². The van der Waals surface area contributed by atoms with E-state index in [9.17, 15) is 4.79 Å². The molecule has 0 atom stereocenters. The van der Waals surface area contributed by atoms with Gasteiger partial charge >= 0.3 is 0 Å². The fraction of sp³-hybridized carbons (Fsp3) is 0.292. The maximum atomic E-state index is 15.0. The van der Waals surface area contributed by atoms with Crippen LogP contribution in [0.1, 0.15) is 41.1 Å². The summed E-state index contributed by atoms with van der Waals surface area (Å²) >= 11 is 1.08. The number of nitrogens with zero attached hydrogens (tertiary/aromatic N) is 2. The molecule has 2 aromatic rings. The molecule has 0 bridgehead atoms. The van der Waals surface area contributed by atoms with Crippen molar-refractivity contribution in [3.8, 4) is 0 Å². The molecule has 0 saturated carbocycles. The third-order valence-corrected chi connectivity index (χ3v) is 6.85. The van der Waals surface area contributed by atoms with Gasteiger partial charge in [0.05, 0.1) is 0 Å². The molecule has 8 nitrogen and oxygen atoms in total. The van der Waals surface area contributed by atoms with Gasteiger partial charge in [0.15, 0.2) is 17.7 Å². The Kier molecular flexibility index (Phi) is 7.72. The zero-order valence-corrected chi connectivity index (χ0v) is 18.8. The number of amides is 1. The van der Waals surface area contributed by atoms with E-state index in [0.717, 1.165) is 28.9 Å². The molecule has 3 heterocycles. The summed E-state index contributed by atoms with van der Waals surface area (Å²) in [6.45, 7) is 2.31. The molecule has 0 fully saturated rings. The highest BCUT2D eigenvalue weighted by atomic mass is 32.1. The van der Waals surface area contributed by atoms with E-state index in [1.54, 1.807) is 27.3 Å². The van der Waals surface area contributed by atoms with Crippen LogP contribution in [0.3, 0.4) is 0 Å². The Balaban J connectivity index is 0.00000324. The van der Waals surface area contributed by atoms with Crippen molar-refractivity contribution in [2.24, 2.45) is 11.5 Å².